The normalized spacial score (nSPS) is 15.7. The Morgan fingerprint density at radius 2 is 2.09 bits per heavy atom. The number of aryl methyl sites for hydroxylation is 1. The fourth-order valence-electron chi connectivity index (χ4n) is 3.02. The third kappa shape index (κ3) is 2.68. The summed E-state index contributed by atoms with van der Waals surface area (Å²) in [7, 11) is 1.85. The Kier molecular flexibility index (Phi) is 4.26. The van der Waals surface area contributed by atoms with Crippen LogP contribution in [-0.2, 0) is 18.9 Å². The molecule has 0 saturated heterocycles. The number of rotatable bonds is 2. The van der Waals surface area contributed by atoms with Crippen molar-refractivity contribution in [1.29, 1.82) is 0 Å². The Balaban J connectivity index is 1.95. The number of hydrogen-bond acceptors (Lipinski definition) is 2. The van der Waals surface area contributed by atoms with Crippen LogP contribution in [0.5, 0.6) is 0 Å². The number of hydrogen-bond donors (Lipinski definition) is 1. The molecule has 1 heterocycles. The van der Waals surface area contributed by atoms with E-state index in [0.717, 1.165) is 25.9 Å². The molecule has 0 fully saturated rings. The van der Waals surface area contributed by atoms with Gasteiger partial charge in [-0.2, -0.15) is 5.10 Å². The van der Waals surface area contributed by atoms with E-state index in [1.807, 2.05) is 19.2 Å². The number of benzene rings is 1. The van der Waals surface area contributed by atoms with Crippen molar-refractivity contribution in [3.8, 4) is 0 Å². The van der Waals surface area contributed by atoms with Gasteiger partial charge in [0.25, 0.3) is 5.91 Å². The third-order valence-corrected chi connectivity index (χ3v) is 6.31. The third-order valence-electron chi connectivity index (χ3n) is 4.31. The van der Waals surface area contributed by atoms with Gasteiger partial charge in [0.15, 0.2) is 0 Å². The molecule has 4 nitrogen and oxygen atoms in total. The highest BCUT2D eigenvalue weighted by Gasteiger charge is 2.31. The van der Waals surface area contributed by atoms with E-state index in [1.54, 1.807) is 4.68 Å². The van der Waals surface area contributed by atoms with Crippen molar-refractivity contribution in [3.63, 3.8) is 0 Å². The van der Waals surface area contributed by atoms with E-state index in [0.29, 0.717) is 5.56 Å². The molecular formula is C16H17I2N3O. The van der Waals surface area contributed by atoms with Gasteiger partial charge in [0.2, 0.25) is 0 Å². The lowest BCUT2D eigenvalue weighted by Crippen LogP contribution is -2.16. The Morgan fingerprint density at radius 3 is 2.73 bits per heavy atom. The minimum Gasteiger partial charge on any atom is -0.322 e. The van der Waals surface area contributed by atoms with Crippen molar-refractivity contribution in [2.24, 2.45) is 7.05 Å². The molecule has 0 atom stereocenters. The summed E-state index contributed by atoms with van der Waals surface area (Å²) in [5.74, 6) is -0.0833. The van der Waals surface area contributed by atoms with Crippen LogP contribution < -0.4 is 5.32 Å². The second-order valence-electron chi connectivity index (χ2n) is 6.25. The summed E-state index contributed by atoms with van der Waals surface area (Å²) in [4.78, 5) is 12.7. The lowest BCUT2D eigenvalue weighted by Gasteiger charge is -2.19. The van der Waals surface area contributed by atoms with E-state index in [9.17, 15) is 4.79 Å². The molecule has 0 unspecified atom stereocenters. The second-order valence-corrected chi connectivity index (χ2v) is 8.29. The van der Waals surface area contributed by atoms with Crippen molar-refractivity contribution >= 4 is 56.8 Å². The zero-order valence-electron chi connectivity index (χ0n) is 12.7. The van der Waals surface area contributed by atoms with Crippen LogP contribution in [0.25, 0.3) is 0 Å². The van der Waals surface area contributed by atoms with E-state index in [4.69, 9.17) is 0 Å². The molecule has 0 spiro atoms. The number of amides is 1. The smallest absolute Gasteiger partial charge is 0.261 e. The molecule has 116 valence electrons. The highest BCUT2D eigenvalue weighted by atomic mass is 127. The van der Waals surface area contributed by atoms with Gasteiger partial charge in [-0.05, 0) is 80.6 Å². The van der Waals surface area contributed by atoms with Crippen molar-refractivity contribution in [1.82, 2.24) is 9.78 Å². The van der Waals surface area contributed by atoms with Gasteiger partial charge in [0, 0.05) is 12.7 Å². The fraction of sp³-hybridized carbons (Fsp3) is 0.375. The molecule has 1 aromatic carbocycles. The Hall–Kier alpha value is -0.640. The molecule has 1 aliphatic rings. The molecule has 0 radical (unpaired) electrons. The molecular weight excluding hydrogens is 504 g/mol. The first-order valence-electron chi connectivity index (χ1n) is 7.13. The summed E-state index contributed by atoms with van der Waals surface area (Å²) < 4.78 is 3.32. The quantitative estimate of drug-likeness (QED) is 0.606. The first-order valence-corrected chi connectivity index (χ1v) is 9.29. The van der Waals surface area contributed by atoms with Crippen LogP contribution in [0.1, 0.15) is 41.8 Å². The Labute approximate surface area is 157 Å². The monoisotopic (exact) mass is 521 g/mol. The molecule has 1 amide bonds. The highest BCUT2D eigenvalue weighted by molar-refractivity contribution is 14.1. The number of carbonyl (C=O) groups excluding carboxylic acids is 1. The van der Waals surface area contributed by atoms with Crippen molar-refractivity contribution in [3.05, 3.63) is 42.3 Å². The van der Waals surface area contributed by atoms with Gasteiger partial charge in [-0.1, -0.05) is 26.0 Å². The zero-order chi connectivity index (χ0) is 16.1. The molecule has 0 bridgehead atoms. The van der Waals surface area contributed by atoms with Crippen LogP contribution in [0, 0.1) is 7.40 Å². The molecule has 1 aromatic heterocycles. The van der Waals surface area contributed by atoms with Crippen LogP contribution in [0.3, 0.4) is 0 Å². The van der Waals surface area contributed by atoms with Crippen LogP contribution in [0.15, 0.2) is 18.2 Å². The van der Waals surface area contributed by atoms with E-state index >= 15 is 0 Å². The van der Waals surface area contributed by atoms with E-state index in [-0.39, 0.29) is 11.3 Å². The lowest BCUT2D eigenvalue weighted by atomic mass is 9.86. The molecule has 0 aliphatic heterocycles. The minimum absolute atomic E-state index is 0.0833. The summed E-state index contributed by atoms with van der Waals surface area (Å²) >= 11 is 4.27. The predicted molar refractivity (Wildman–Crippen MR) is 104 cm³/mol. The summed E-state index contributed by atoms with van der Waals surface area (Å²) in [5, 5.41) is 7.39. The zero-order valence-corrected chi connectivity index (χ0v) is 17.0. The standard InChI is InChI=1S/C16H17I2N3O/c1-16(2)8-7-9-10(16)5-4-6-11(9)19-15(22)12-13(17)20-21(3)14(12)18/h4-6H,7-8H2,1-3H3,(H,19,22). The minimum atomic E-state index is -0.0833. The molecule has 1 N–H and O–H groups in total. The van der Waals surface area contributed by atoms with Gasteiger partial charge in [-0.3, -0.25) is 9.48 Å². The SMILES string of the molecule is Cn1nc(I)c(C(=O)Nc2cccc3c2CCC3(C)C)c1I. The average Bonchev–Trinajstić information content (AvgIpc) is 2.88. The number of fused-ring (bicyclic) bond motifs is 1. The van der Waals surface area contributed by atoms with Crippen LogP contribution in [0.4, 0.5) is 5.69 Å². The first kappa shape index (κ1) is 16.2. The number of carbonyl (C=O) groups is 1. The molecule has 3 rings (SSSR count). The maximum absolute atomic E-state index is 12.7. The van der Waals surface area contributed by atoms with Gasteiger partial charge >= 0.3 is 0 Å². The number of anilines is 1. The number of nitrogens with one attached hydrogen (secondary N) is 1. The molecule has 1 aliphatic carbocycles. The topological polar surface area (TPSA) is 46.9 Å². The van der Waals surface area contributed by atoms with Crippen molar-refractivity contribution in [2.75, 3.05) is 5.32 Å². The van der Waals surface area contributed by atoms with Gasteiger partial charge in [-0.15, -0.1) is 0 Å². The summed E-state index contributed by atoms with van der Waals surface area (Å²) in [6.07, 6.45) is 2.14. The highest BCUT2D eigenvalue weighted by Crippen LogP contribution is 2.41. The largest absolute Gasteiger partial charge is 0.322 e. The van der Waals surface area contributed by atoms with Gasteiger partial charge in [0.1, 0.15) is 13.0 Å². The molecule has 0 saturated carbocycles. The lowest BCUT2D eigenvalue weighted by molar-refractivity contribution is 0.102. The number of aromatic nitrogens is 2. The maximum atomic E-state index is 12.7. The van der Waals surface area contributed by atoms with Crippen LogP contribution in [-0.4, -0.2) is 15.7 Å². The van der Waals surface area contributed by atoms with Crippen molar-refractivity contribution in [2.45, 2.75) is 32.1 Å². The molecule has 2 aromatic rings. The summed E-state index contributed by atoms with van der Waals surface area (Å²) in [6.45, 7) is 4.52. The van der Waals surface area contributed by atoms with E-state index in [2.05, 4.69) is 75.5 Å². The van der Waals surface area contributed by atoms with Crippen LogP contribution >= 0.6 is 45.2 Å². The van der Waals surface area contributed by atoms with Gasteiger partial charge in [-0.25, -0.2) is 0 Å². The number of halogens is 2. The fourth-order valence-corrected chi connectivity index (χ4v) is 4.97. The van der Waals surface area contributed by atoms with Crippen LogP contribution in [0.2, 0.25) is 0 Å². The average molecular weight is 521 g/mol. The summed E-state index contributed by atoms with van der Waals surface area (Å²) in [6, 6.07) is 6.20. The number of nitrogens with zero attached hydrogens (tertiary/aromatic N) is 2. The predicted octanol–water partition coefficient (Wildman–Crippen LogP) is 4.11. The van der Waals surface area contributed by atoms with E-state index < -0.39 is 0 Å². The molecule has 22 heavy (non-hydrogen) atoms. The van der Waals surface area contributed by atoms with Gasteiger partial charge < -0.3 is 5.32 Å². The Morgan fingerprint density at radius 1 is 1.36 bits per heavy atom. The maximum Gasteiger partial charge on any atom is 0.261 e. The van der Waals surface area contributed by atoms with Gasteiger partial charge in [0.05, 0.1) is 0 Å². The van der Waals surface area contributed by atoms with Crippen molar-refractivity contribution < 1.29 is 4.79 Å². The second kappa shape index (κ2) is 5.77. The molecule has 6 heteroatoms. The summed E-state index contributed by atoms with van der Waals surface area (Å²) in [5.41, 5.74) is 4.39. The Bertz CT molecular complexity index is 765. The first-order chi connectivity index (χ1) is 10.3. The van der Waals surface area contributed by atoms with E-state index in [1.165, 1.54) is 11.1 Å².